The molecule has 0 aliphatic carbocycles. The van der Waals surface area contributed by atoms with Crippen LogP contribution in [0.2, 0.25) is 0 Å². The van der Waals surface area contributed by atoms with Crippen LogP contribution in [0.4, 0.5) is 13.2 Å². The summed E-state index contributed by atoms with van der Waals surface area (Å²) >= 11 is 0. The summed E-state index contributed by atoms with van der Waals surface area (Å²) in [7, 11) is 2.02. The van der Waals surface area contributed by atoms with Crippen molar-refractivity contribution in [1.29, 1.82) is 0 Å². The van der Waals surface area contributed by atoms with E-state index in [2.05, 4.69) is 15.2 Å². The van der Waals surface area contributed by atoms with Crippen LogP contribution < -0.4 is 5.48 Å². The van der Waals surface area contributed by atoms with Gasteiger partial charge in [0.1, 0.15) is 0 Å². The summed E-state index contributed by atoms with van der Waals surface area (Å²) in [6.45, 7) is 1.25. The first-order valence-corrected chi connectivity index (χ1v) is 5.07. The molecule has 1 N–H and O–H groups in total. The highest BCUT2D eigenvalue weighted by atomic mass is 19.4. The maximum atomic E-state index is 11.7. The van der Waals surface area contributed by atoms with Gasteiger partial charge in [0.2, 0.25) is 0 Å². The summed E-state index contributed by atoms with van der Waals surface area (Å²) in [5, 5.41) is 0. The van der Waals surface area contributed by atoms with Crippen LogP contribution in [0.5, 0.6) is 0 Å². The zero-order chi connectivity index (χ0) is 11.3. The monoisotopic (exact) mass is 226 g/mol. The van der Waals surface area contributed by atoms with Crippen molar-refractivity contribution in [2.75, 3.05) is 33.3 Å². The standard InChI is InChI=1S/C9H17F3N2O/c1-14-4-2-3-8(6-14)5-13-15-7-9(10,11)12/h8,13H,2-7H2,1H3. The van der Waals surface area contributed by atoms with Gasteiger partial charge in [-0.2, -0.15) is 13.2 Å². The highest BCUT2D eigenvalue weighted by molar-refractivity contribution is 4.70. The van der Waals surface area contributed by atoms with Crippen molar-refractivity contribution in [2.45, 2.75) is 19.0 Å². The summed E-state index contributed by atoms with van der Waals surface area (Å²) in [6, 6.07) is 0. The lowest BCUT2D eigenvalue weighted by molar-refractivity contribution is -0.190. The summed E-state index contributed by atoms with van der Waals surface area (Å²) < 4.78 is 35.1. The van der Waals surface area contributed by atoms with E-state index in [0.29, 0.717) is 12.5 Å². The van der Waals surface area contributed by atoms with E-state index in [0.717, 1.165) is 25.9 Å². The van der Waals surface area contributed by atoms with Gasteiger partial charge in [-0.25, -0.2) is 5.48 Å². The molecule has 1 aliphatic rings. The molecule has 0 aromatic heterocycles. The molecule has 90 valence electrons. The minimum absolute atomic E-state index is 0.386. The first kappa shape index (κ1) is 12.7. The second-order valence-electron chi connectivity index (χ2n) is 4.02. The average molecular weight is 226 g/mol. The number of hydroxylamine groups is 1. The summed E-state index contributed by atoms with van der Waals surface area (Å²) in [5.41, 5.74) is 2.39. The minimum atomic E-state index is -4.25. The van der Waals surface area contributed by atoms with Gasteiger partial charge in [-0.1, -0.05) is 0 Å². The Balaban J connectivity index is 2.04. The van der Waals surface area contributed by atoms with Gasteiger partial charge in [-0.15, -0.1) is 0 Å². The smallest absolute Gasteiger partial charge is 0.306 e. The number of nitrogens with zero attached hydrogens (tertiary/aromatic N) is 1. The van der Waals surface area contributed by atoms with Crippen LogP contribution in [-0.2, 0) is 4.84 Å². The number of nitrogens with one attached hydrogen (secondary N) is 1. The summed E-state index contributed by atoms with van der Waals surface area (Å²) in [4.78, 5) is 6.52. The van der Waals surface area contributed by atoms with Crippen molar-refractivity contribution in [1.82, 2.24) is 10.4 Å². The Kier molecular flexibility index (Phi) is 4.82. The average Bonchev–Trinajstić information content (AvgIpc) is 2.11. The molecule has 1 saturated heterocycles. The molecule has 1 heterocycles. The molecule has 0 aromatic carbocycles. The van der Waals surface area contributed by atoms with Crippen LogP contribution >= 0.6 is 0 Å². The second-order valence-corrected chi connectivity index (χ2v) is 4.02. The van der Waals surface area contributed by atoms with Gasteiger partial charge in [-0.3, -0.25) is 4.84 Å². The molecular weight excluding hydrogens is 209 g/mol. The fourth-order valence-electron chi connectivity index (χ4n) is 1.75. The van der Waals surface area contributed by atoms with E-state index >= 15 is 0 Å². The Morgan fingerprint density at radius 1 is 1.47 bits per heavy atom. The van der Waals surface area contributed by atoms with Crippen LogP contribution in [-0.4, -0.2) is 44.4 Å². The molecule has 1 aliphatic heterocycles. The van der Waals surface area contributed by atoms with E-state index in [1.165, 1.54) is 0 Å². The van der Waals surface area contributed by atoms with Gasteiger partial charge in [-0.05, 0) is 32.4 Å². The predicted molar refractivity (Wildman–Crippen MR) is 50.2 cm³/mol. The summed E-state index contributed by atoms with van der Waals surface area (Å²) in [5.74, 6) is 0.386. The molecule has 6 heteroatoms. The quantitative estimate of drug-likeness (QED) is 0.579. The number of rotatable bonds is 4. The van der Waals surface area contributed by atoms with Crippen LogP contribution in [0.1, 0.15) is 12.8 Å². The normalized spacial score (nSPS) is 24.4. The van der Waals surface area contributed by atoms with Crippen LogP contribution in [0, 0.1) is 5.92 Å². The van der Waals surface area contributed by atoms with Gasteiger partial charge in [0.05, 0.1) is 0 Å². The summed E-state index contributed by atoms with van der Waals surface area (Å²) in [6.07, 6.45) is -2.11. The lowest BCUT2D eigenvalue weighted by Gasteiger charge is -2.29. The van der Waals surface area contributed by atoms with E-state index in [-0.39, 0.29) is 0 Å². The second kappa shape index (κ2) is 5.67. The number of hydrogen-bond acceptors (Lipinski definition) is 3. The molecule has 1 atom stereocenters. The molecule has 1 fully saturated rings. The zero-order valence-electron chi connectivity index (χ0n) is 8.81. The van der Waals surface area contributed by atoms with Gasteiger partial charge in [0.25, 0.3) is 0 Å². The fraction of sp³-hybridized carbons (Fsp3) is 1.00. The Hall–Kier alpha value is -0.330. The molecule has 0 bridgehead atoms. The van der Waals surface area contributed by atoms with Crippen molar-refractivity contribution < 1.29 is 18.0 Å². The third-order valence-electron chi connectivity index (χ3n) is 2.43. The third-order valence-corrected chi connectivity index (χ3v) is 2.43. The first-order valence-electron chi connectivity index (χ1n) is 5.07. The Labute approximate surface area is 87.5 Å². The van der Waals surface area contributed by atoms with Crippen molar-refractivity contribution in [3.8, 4) is 0 Å². The number of alkyl halides is 3. The van der Waals surface area contributed by atoms with Crippen LogP contribution in [0.15, 0.2) is 0 Å². The predicted octanol–water partition coefficient (Wildman–Crippen LogP) is 1.41. The molecule has 1 unspecified atom stereocenters. The van der Waals surface area contributed by atoms with Gasteiger partial charge in [0, 0.05) is 13.1 Å². The zero-order valence-corrected chi connectivity index (χ0v) is 8.81. The number of piperidine rings is 1. The Morgan fingerprint density at radius 2 is 2.20 bits per heavy atom. The molecule has 0 aromatic rings. The topological polar surface area (TPSA) is 24.5 Å². The van der Waals surface area contributed by atoms with E-state index in [9.17, 15) is 13.2 Å². The Morgan fingerprint density at radius 3 is 2.80 bits per heavy atom. The van der Waals surface area contributed by atoms with Gasteiger partial charge < -0.3 is 4.90 Å². The largest absolute Gasteiger partial charge is 0.413 e. The molecule has 1 rings (SSSR count). The van der Waals surface area contributed by atoms with E-state index in [4.69, 9.17) is 0 Å². The highest BCUT2D eigenvalue weighted by Gasteiger charge is 2.28. The number of hydrogen-bond donors (Lipinski definition) is 1. The van der Waals surface area contributed by atoms with Crippen LogP contribution in [0.25, 0.3) is 0 Å². The molecule has 15 heavy (non-hydrogen) atoms. The molecule has 3 nitrogen and oxygen atoms in total. The van der Waals surface area contributed by atoms with Gasteiger partial charge in [0.15, 0.2) is 6.61 Å². The third kappa shape index (κ3) is 5.96. The molecule has 0 spiro atoms. The first-order chi connectivity index (χ1) is 6.97. The lowest BCUT2D eigenvalue weighted by atomic mass is 9.99. The van der Waals surface area contributed by atoms with Crippen molar-refractivity contribution in [2.24, 2.45) is 5.92 Å². The Bertz CT molecular complexity index is 187. The molecule has 0 radical (unpaired) electrons. The van der Waals surface area contributed by atoms with Crippen molar-refractivity contribution in [3.05, 3.63) is 0 Å². The van der Waals surface area contributed by atoms with Gasteiger partial charge >= 0.3 is 6.18 Å². The van der Waals surface area contributed by atoms with Crippen LogP contribution in [0.3, 0.4) is 0 Å². The molecule has 0 amide bonds. The van der Waals surface area contributed by atoms with E-state index < -0.39 is 12.8 Å². The molecule has 0 saturated carbocycles. The highest BCUT2D eigenvalue weighted by Crippen LogP contribution is 2.15. The fourth-order valence-corrected chi connectivity index (χ4v) is 1.75. The molecular formula is C9H17F3N2O. The lowest BCUT2D eigenvalue weighted by Crippen LogP contribution is -2.38. The number of likely N-dealkylation sites (tertiary alicyclic amines) is 1. The van der Waals surface area contributed by atoms with E-state index in [1.54, 1.807) is 0 Å². The van der Waals surface area contributed by atoms with Crippen molar-refractivity contribution >= 4 is 0 Å². The maximum absolute atomic E-state index is 11.7. The van der Waals surface area contributed by atoms with E-state index in [1.807, 2.05) is 7.05 Å². The minimum Gasteiger partial charge on any atom is -0.306 e. The SMILES string of the molecule is CN1CCCC(CNOCC(F)(F)F)C1. The van der Waals surface area contributed by atoms with Crippen molar-refractivity contribution in [3.63, 3.8) is 0 Å². The number of halogens is 3. The maximum Gasteiger partial charge on any atom is 0.413 e.